The molecule has 0 aromatic heterocycles. The van der Waals surface area contributed by atoms with E-state index in [-0.39, 0.29) is 18.4 Å². The molecular formula is C22H28N5O3+. The zero-order valence-corrected chi connectivity index (χ0v) is 16.9. The van der Waals surface area contributed by atoms with Crippen molar-refractivity contribution in [2.24, 2.45) is 0 Å². The number of amides is 3. The van der Waals surface area contributed by atoms with Gasteiger partial charge in [-0.3, -0.25) is 25.2 Å². The normalized spacial score (nSPS) is 14.1. The van der Waals surface area contributed by atoms with Crippen LogP contribution in [0.5, 0.6) is 0 Å². The van der Waals surface area contributed by atoms with Crippen LogP contribution in [0.15, 0.2) is 60.7 Å². The average molecular weight is 410 g/mol. The first-order valence-corrected chi connectivity index (χ1v) is 10.2. The largest absolute Gasteiger partial charge is 0.360 e. The molecule has 1 aliphatic heterocycles. The summed E-state index contributed by atoms with van der Waals surface area (Å²) in [6.07, 6.45) is 0.331. The Balaban J connectivity index is 1.28. The Morgan fingerprint density at radius 3 is 2.10 bits per heavy atom. The molecule has 1 aliphatic rings. The third-order valence-electron chi connectivity index (χ3n) is 5.08. The fourth-order valence-corrected chi connectivity index (χ4v) is 3.36. The molecule has 2 aromatic rings. The summed E-state index contributed by atoms with van der Waals surface area (Å²) in [6.45, 7) is 4.37. The molecule has 4 N–H and O–H groups in total. The molecule has 8 nitrogen and oxygen atoms in total. The van der Waals surface area contributed by atoms with E-state index in [2.05, 4.69) is 33.2 Å². The van der Waals surface area contributed by atoms with Gasteiger partial charge in [0.05, 0.1) is 45.7 Å². The maximum atomic E-state index is 12.0. The van der Waals surface area contributed by atoms with E-state index >= 15 is 0 Å². The van der Waals surface area contributed by atoms with E-state index in [0.29, 0.717) is 12.0 Å². The van der Waals surface area contributed by atoms with Crippen LogP contribution in [0.3, 0.4) is 0 Å². The van der Waals surface area contributed by atoms with Crippen LogP contribution >= 0.6 is 0 Å². The van der Waals surface area contributed by atoms with Crippen LogP contribution in [0.25, 0.3) is 0 Å². The number of para-hydroxylation sites is 1. The highest BCUT2D eigenvalue weighted by molar-refractivity contribution is 5.96. The van der Waals surface area contributed by atoms with Crippen LogP contribution < -0.4 is 26.0 Å². The smallest absolute Gasteiger partial charge is 0.257 e. The van der Waals surface area contributed by atoms with E-state index in [4.69, 9.17) is 0 Å². The zero-order chi connectivity index (χ0) is 21.2. The van der Waals surface area contributed by atoms with Crippen LogP contribution in [-0.2, 0) is 9.59 Å². The van der Waals surface area contributed by atoms with Crippen LogP contribution in [0.1, 0.15) is 16.8 Å². The quantitative estimate of drug-likeness (QED) is 0.457. The van der Waals surface area contributed by atoms with E-state index in [1.54, 1.807) is 24.3 Å². The minimum absolute atomic E-state index is 0.208. The van der Waals surface area contributed by atoms with Gasteiger partial charge in [0.15, 0.2) is 0 Å². The minimum Gasteiger partial charge on any atom is -0.360 e. The molecule has 0 bridgehead atoms. The molecule has 0 radical (unpaired) electrons. The lowest BCUT2D eigenvalue weighted by atomic mass is 10.2. The number of benzene rings is 2. The minimum atomic E-state index is -0.476. The molecule has 3 rings (SSSR count). The molecule has 0 aliphatic carbocycles. The number of hydrazine groups is 1. The average Bonchev–Trinajstić information content (AvgIpc) is 2.81. The number of rotatable bonds is 7. The number of piperazine rings is 1. The Morgan fingerprint density at radius 1 is 0.833 bits per heavy atom. The second-order valence-corrected chi connectivity index (χ2v) is 7.22. The highest BCUT2D eigenvalue weighted by atomic mass is 16.2. The third kappa shape index (κ3) is 6.59. The van der Waals surface area contributed by atoms with Crippen molar-refractivity contribution in [2.75, 3.05) is 44.2 Å². The number of carbonyl (C=O) groups excluding carboxylic acids is 3. The fraction of sp³-hybridized carbons (Fsp3) is 0.318. The first-order chi connectivity index (χ1) is 14.6. The maximum absolute atomic E-state index is 12.0. The summed E-state index contributed by atoms with van der Waals surface area (Å²) >= 11 is 0. The predicted molar refractivity (Wildman–Crippen MR) is 114 cm³/mol. The number of hydrogen-bond acceptors (Lipinski definition) is 4. The van der Waals surface area contributed by atoms with Gasteiger partial charge in [0.25, 0.3) is 11.8 Å². The van der Waals surface area contributed by atoms with Gasteiger partial charge in [-0.25, -0.2) is 0 Å². The fourth-order valence-electron chi connectivity index (χ4n) is 3.36. The molecule has 0 saturated carbocycles. The van der Waals surface area contributed by atoms with E-state index in [1.807, 2.05) is 24.3 Å². The molecule has 1 heterocycles. The molecule has 30 heavy (non-hydrogen) atoms. The number of hydrogen-bond donors (Lipinski definition) is 4. The van der Waals surface area contributed by atoms with Crippen molar-refractivity contribution in [2.45, 2.75) is 6.42 Å². The highest BCUT2D eigenvalue weighted by Gasteiger charge is 2.20. The van der Waals surface area contributed by atoms with Gasteiger partial charge >= 0.3 is 0 Å². The van der Waals surface area contributed by atoms with Gasteiger partial charge in [-0.05, 0) is 24.3 Å². The van der Waals surface area contributed by atoms with Crippen LogP contribution in [-0.4, -0.2) is 57.0 Å². The topological polar surface area (TPSA) is 95.0 Å². The Bertz CT molecular complexity index is 836. The Morgan fingerprint density at radius 2 is 1.43 bits per heavy atom. The maximum Gasteiger partial charge on any atom is 0.257 e. The van der Waals surface area contributed by atoms with E-state index in [9.17, 15) is 14.4 Å². The van der Waals surface area contributed by atoms with Gasteiger partial charge in [0.2, 0.25) is 5.91 Å². The summed E-state index contributed by atoms with van der Waals surface area (Å²) in [7, 11) is 0. The standard InChI is InChI=1S/C22H27N5O3/c28-20(24-25-21(29)17-23-22(30)18-7-3-1-4-8-18)11-12-26-13-15-27(16-14-26)19-9-5-2-6-10-19/h1-10H,11-17H2,(H,23,30)(H,24,28)(H,25,29)/p+1. The van der Waals surface area contributed by atoms with Crippen molar-refractivity contribution in [1.29, 1.82) is 0 Å². The molecule has 1 saturated heterocycles. The molecule has 8 heteroatoms. The van der Waals surface area contributed by atoms with E-state index in [1.165, 1.54) is 10.6 Å². The van der Waals surface area contributed by atoms with Gasteiger partial charge < -0.3 is 15.1 Å². The van der Waals surface area contributed by atoms with E-state index < -0.39 is 5.91 Å². The number of nitrogens with zero attached hydrogens (tertiary/aromatic N) is 1. The third-order valence-corrected chi connectivity index (χ3v) is 5.08. The van der Waals surface area contributed by atoms with Gasteiger partial charge in [-0.1, -0.05) is 36.4 Å². The molecular weight excluding hydrogens is 382 g/mol. The van der Waals surface area contributed by atoms with Gasteiger partial charge in [0.1, 0.15) is 0 Å². The van der Waals surface area contributed by atoms with Crippen molar-refractivity contribution >= 4 is 23.4 Å². The molecule has 3 amide bonds. The SMILES string of the molecule is O=C(CC[NH+]1CCN(c2ccccc2)CC1)NNC(=O)CNC(=O)c1ccccc1. The molecule has 158 valence electrons. The number of quaternary nitrogens is 1. The lowest BCUT2D eigenvalue weighted by molar-refractivity contribution is -0.900. The van der Waals surface area contributed by atoms with Gasteiger partial charge in [0, 0.05) is 11.3 Å². The summed E-state index contributed by atoms with van der Waals surface area (Å²) in [5.74, 6) is -1.05. The number of carbonyl (C=O) groups is 3. The van der Waals surface area contributed by atoms with Crippen LogP contribution in [0, 0.1) is 0 Å². The van der Waals surface area contributed by atoms with Gasteiger partial charge in [-0.2, -0.15) is 0 Å². The van der Waals surface area contributed by atoms with Crippen molar-refractivity contribution in [3.63, 3.8) is 0 Å². The Kier molecular flexibility index (Phi) is 7.79. The Labute approximate surface area is 176 Å². The highest BCUT2D eigenvalue weighted by Crippen LogP contribution is 2.12. The van der Waals surface area contributed by atoms with Crippen molar-refractivity contribution in [1.82, 2.24) is 16.2 Å². The predicted octanol–water partition coefficient (Wildman–Crippen LogP) is -0.641. The summed E-state index contributed by atoms with van der Waals surface area (Å²) < 4.78 is 0. The number of nitrogens with one attached hydrogen (secondary N) is 4. The first-order valence-electron chi connectivity index (χ1n) is 10.2. The van der Waals surface area contributed by atoms with Crippen LogP contribution in [0.2, 0.25) is 0 Å². The summed E-state index contributed by atoms with van der Waals surface area (Å²) in [5, 5.41) is 2.51. The molecule has 0 spiro atoms. The Hall–Kier alpha value is -3.39. The molecule has 2 aromatic carbocycles. The van der Waals surface area contributed by atoms with Crippen molar-refractivity contribution in [3.05, 3.63) is 66.2 Å². The second-order valence-electron chi connectivity index (χ2n) is 7.22. The first kappa shape index (κ1) is 21.3. The van der Waals surface area contributed by atoms with Crippen molar-refractivity contribution in [3.8, 4) is 0 Å². The summed E-state index contributed by atoms with van der Waals surface area (Å²) in [6, 6.07) is 19.0. The molecule has 0 unspecified atom stereocenters. The van der Waals surface area contributed by atoms with Crippen molar-refractivity contribution < 1.29 is 19.3 Å². The monoisotopic (exact) mass is 410 g/mol. The lowest BCUT2D eigenvalue weighted by Gasteiger charge is -2.33. The molecule has 1 fully saturated rings. The van der Waals surface area contributed by atoms with Crippen LogP contribution in [0.4, 0.5) is 5.69 Å². The summed E-state index contributed by atoms with van der Waals surface area (Å²) in [5.41, 5.74) is 6.45. The lowest BCUT2D eigenvalue weighted by Crippen LogP contribution is -3.15. The second kappa shape index (κ2) is 11.0. The summed E-state index contributed by atoms with van der Waals surface area (Å²) in [4.78, 5) is 39.4. The van der Waals surface area contributed by atoms with Gasteiger partial charge in [-0.15, -0.1) is 0 Å². The number of anilines is 1. The molecule has 0 atom stereocenters. The van der Waals surface area contributed by atoms with E-state index in [0.717, 1.165) is 32.7 Å². The zero-order valence-electron chi connectivity index (χ0n) is 16.9.